The van der Waals surface area contributed by atoms with E-state index in [2.05, 4.69) is 20.9 Å². The molecular weight excluding hydrogens is 641 g/mol. The Balaban J connectivity index is 1.26. The number of carbonyl (C=O) groups excluding carboxylic acids is 3. The van der Waals surface area contributed by atoms with Crippen LogP contribution in [0.2, 0.25) is 0 Å². The Morgan fingerprint density at radius 1 is 0.896 bits per heavy atom. The standard InChI is InChI=1S/C38H36N4O4S2/c1-5-46-31-20-16-27(17-21-31)22-33(40-36(44)29-10-7-6-8-11-29)37(45)39-30-12-9-13-32(23-30)47-26(4)35(43)42-38-41-34(25(3)48-38)28-18-14-24(2)15-19-28/h6-23,26H,5H2,1-4H3,(H,39,45)(H,40,44)(H,41,42,43)/b33-22+. The van der Waals surface area contributed by atoms with Gasteiger partial charge in [0.1, 0.15) is 11.4 Å². The molecule has 0 radical (unpaired) electrons. The van der Waals surface area contributed by atoms with Gasteiger partial charge in [-0.15, -0.1) is 23.1 Å². The van der Waals surface area contributed by atoms with Gasteiger partial charge in [0.2, 0.25) is 5.91 Å². The highest BCUT2D eigenvalue weighted by Crippen LogP contribution is 2.32. The third-order valence-corrected chi connectivity index (χ3v) is 9.14. The van der Waals surface area contributed by atoms with Crippen molar-refractivity contribution in [2.45, 2.75) is 37.8 Å². The summed E-state index contributed by atoms with van der Waals surface area (Å²) < 4.78 is 5.52. The number of hydrogen-bond donors (Lipinski definition) is 3. The molecule has 0 fully saturated rings. The van der Waals surface area contributed by atoms with Gasteiger partial charge in [-0.3, -0.25) is 14.4 Å². The number of amides is 3. The van der Waals surface area contributed by atoms with E-state index in [4.69, 9.17) is 4.74 Å². The van der Waals surface area contributed by atoms with E-state index in [0.29, 0.717) is 34.3 Å². The van der Waals surface area contributed by atoms with E-state index in [0.717, 1.165) is 21.0 Å². The van der Waals surface area contributed by atoms with Crippen molar-refractivity contribution >= 4 is 57.7 Å². The molecule has 3 amide bonds. The zero-order chi connectivity index (χ0) is 34.0. The van der Waals surface area contributed by atoms with Crippen molar-refractivity contribution in [1.82, 2.24) is 10.3 Å². The van der Waals surface area contributed by atoms with Crippen LogP contribution in [-0.4, -0.2) is 34.6 Å². The van der Waals surface area contributed by atoms with Crippen molar-refractivity contribution < 1.29 is 19.1 Å². The Hall–Kier alpha value is -5.19. The highest BCUT2D eigenvalue weighted by Gasteiger charge is 2.19. The maximum atomic E-state index is 13.6. The van der Waals surface area contributed by atoms with Crippen LogP contribution >= 0.6 is 23.1 Å². The van der Waals surface area contributed by atoms with Crippen LogP contribution in [0.15, 0.2) is 114 Å². The Morgan fingerprint density at radius 3 is 2.33 bits per heavy atom. The highest BCUT2D eigenvalue weighted by molar-refractivity contribution is 8.00. The van der Waals surface area contributed by atoms with Gasteiger partial charge >= 0.3 is 0 Å². The number of rotatable bonds is 12. The average Bonchev–Trinajstić information content (AvgIpc) is 3.45. The predicted molar refractivity (Wildman–Crippen MR) is 196 cm³/mol. The summed E-state index contributed by atoms with van der Waals surface area (Å²) in [7, 11) is 0. The Morgan fingerprint density at radius 2 is 1.62 bits per heavy atom. The van der Waals surface area contributed by atoms with Gasteiger partial charge in [0, 0.05) is 26.6 Å². The fourth-order valence-corrected chi connectivity index (χ4v) is 6.44. The summed E-state index contributed by atoms with van der Waals surface area (Å²) in [6.07, 6.45) is 1.61. The minimum Gasteiger partial charge on any atom is -0.494 e. The number of nitrogens with one attached hydrogen (secondary N) is 3. The summed E-state index contributed by atoms with van der Waals surface area (Å²) >= 11 is 2.80. The number of thioether (sulfide) groups is 1. The van der Waals surface area contributed by atoms with Crippen molar-refractivity contribution in [3.8, 4) is 17.0 Å². The first-order valence-electron chi connectivity index (χ1n) is 15.4. The minimum absolute atomic E-state index is 0.0718. The van der Waals surface area contributed by atoms with Crippen LogP contribution in [0.3, 0.4) is 0 Å². The Labute approximate surface area is 288 Å². The SMILES string of the molecule is CCOc1ccc(/C=C(/NC(=O)c2ccccc2)C(=O)Nc2cccc(SC(C)C(=O)Nc3nc(-c4ccc(C)cc4)c(C)s3)c2)cc1. The van der Waals surface area contributed by atoms with Gasteiger partial charge < -0.3 is 20.7 Å². The van der Waals surface area contributed by atoms with Gasteiger partial charge in [-0.1, -0.05) is 66.2 Å². The van der Waals surface area contributed by atoms with Gasteiger partial charge in [0.25, 0.3) is 11.8 Å². The molecule has 3 N–H and O–H groups in total. The molecule has 0 saturated carbocycles. The van der Waals surface area contributed by atoms with Crippen LogP contribution in [0.5, 0.6) is 5.75 Å². The van der Waals surface area contributed by atoms with Crippen LogP contribution in [-0.2, 0) is 9.59 Å². The number of nitrogens with zero attached hydrogens (tertiary/aromatic N) is 1. The van der Waals surface area contributed by atoms with Gasteiger partial charge in [-0.2, -0.15) is 0 Å². The topological polar surface area (TPSA) is 109 Å². The van der Waals surface area contributed by atoms with Crippen LogP contribution in [0.1, 0.15) is 40.2 Å². The summed E-state index contributed by atoms with van der Waals surface area (Å²) in [6, 6.07) is 31.3. The quantitative estimate of drug-likeness (QED) is 0.0906. The van der Waals surface area contributed by atoms with E-state index in [1.54, 1.807) is 60.7 Å². The number of aromatic nitrogens is 1. The molecule has 0 aliphatic carbocycles. The maximum Gasteiger partial charge on any atom is 0.272 e. The van der Waals surface area contributed by atoms with E-state index in [-0.39, 0.29) is 11.6 Å². The molecule has 244 valence electrons. The molecular formula is C38H36N4O4S2. The van der Waals surface area contributed by atoms with Crippen molar-refractivity contribution in [3.63, 3.8) is 0 Å². The first-order valence-corrected chi connectivity index (χ1v) is 17.1. The molecule has 1 aromatic heterocycles. The molecule has 1 unspecified atom stereocenters. The van der Waals surface area contributed by atoms with Crippen molar-refractivity contribution in [1.29, 1.82) is 0 Å². The van der Waals surface area contributed by atoms with Crippen LogP contribution < -0.4 is 20.7 Å². The maximum absolute atomic E-state index is 13.6. The van der Waals surface area contributed by atoms with Gasteiger partial charge in [-0.05, 0) is 81.8 Å². The van der Waals surface area contributed by atoms with E-state index >= 15 is 0 Å². The molecule has 5 aromatic rings. The molecule has 48 heavy (non-hydrogen) atoms. The first-order chi connectivity index (χ1) is 23.2. The molecule has 0 spiro atoms. The van der Waals surface area contributed by atoms with E-state index in [1.807, 2.05) is 76.2 Å². The lowest BCUT2D eigenvalue weighted by molar-refractivity contribution is -0.115. The fourth-order valence-electron chi connectivity index (χ4n) is 4.68. The number of thiazole rings is 1. The zero-order valence-electron chi connectivity index (χ0n) is 27.1. The van der Waals surface area contributed by atoms with Crippen molar-refractivity contribution in [2.24, 2.45) is 0 Å². The second-order valence-electron chi connectivity index (χ2n) is 10.9. The number of anilines is 2. The second kappa shape index (κ2) is 16.1. The number of ether oxygens (including phenoxy) is 1. The molecule has 0 aliphatic heterocycles. The molecule has 10 heteroatoms. The fraction of sp³-hybridized carbons (Fsp3) is 0.158. The third kappa shape index (κ3) is 9.21. The number of hydrogen-bond acceptors (Lipinski definition) is 7. The summed E-state index contributed by atoms with van der Waals surface area (Å²) in [5.41, 5.74) is 4.76. The van der Waals surface area contributed by atoms with Crippen molar-refractivity contribution in [3.05, 3.63) is 130 Å². The summed E-state index contributed by atoms with van der Waals surface area (Å²) in [4.78, 5) is 46.2. The molecule has 5 rings (SSSR count). The summed E-state index contributed by atoms with van der Waals surface area (Å²) in [6.45, 7) is 8.30. The lowest BCUT2D eigenvalue weighted by Gasteiger charge is -2.14. The number of aryl methyl sites for hydroxylation is 2. The predicted octanol–water partition coefficient (Wildman–Crippen LogP) is 8.35. The third-order valence-electron chi connectivity index (χ3n) is 7.16. The average molecular weight is 677 g/mol. The van der Waals surface area contributed by atoms with E-state index < -0.39 is 17.1 Å². The number of benzene rings is 4. The van der Waals surface area contributed by atoms with E-state index in [9.17, 15) is 14.4 Å². The van der Waals surface area contributed by atoms with Crippen molar-refractivity contribution in [2.75, 3.05) is 17.2 Å². The largest absolute Gasteiger partial charge is 0.494 e. The summed E-state index contributed by atoms with van der Waals surface area (Å²) in [5, 5.41) is 8.71. The first kappa shape index (κ1) is 34.2. The highest BCUT2D eigenvalue weighted by atomic mass is 32.2. The van der Waals surface area contributed by atoms with Crippen LogP contribution in [0, 0.1) is 13.8 Å². The van der Waals surface area contributed by atoms with Gasteiger partial charge in [-0.25, -0.2) is 4.98 Å². The molecule has 0 bridgehead atoms. The second-order valence-corrected chi connectivity index (χ2v) is 13.5. The molecule has 1 atom stereocenters. The molecule has 0 saturated heterocycles. The Kier molecular flexibility index (Phi) is 11.4. The van der Waals surface area contributed by atoms with Gasteiger partial charge in [0.15, 0.2) is 5.13 Å². The Bertz CT molecular complexity index is 1920. The molecule has 1 heterocycles. The zero-order valence-corrected chi connectivity index (χ0v) is 28.7. The molecule has 4 aromatic carbocycles. The number of carbonyl (C=O) groups is 3. The minimum atomic E-state index is -0.496. The van der Waals surface area contributed by atoms with Crippen LogP contribution in [0.4, 0.5) is 10.8 Å². The van der Waals surface area contributed by atoms with Gasteiger partial charge in [0.05, 0.1) is 17.6 Å². The lowest BCUT2D eigenvalue weighted by Crippen LogP contribution is -2.30. The normalized spacial score (nSPS) is 11.8. The van der Waals surface area contributed by atoms with Crippen LogP contribution in [0.25, 0.3) is 17.3 Å². The smallest absolute Gasteiger partial charge is 0.272 e. The summed E-state index contributed by atoms with van der Waals surface area (Å²) in [5.74, 6) is -0.374. The monoisotopic (exact) mass is 676 g/mol. The van der Waals surface area contributed by atoms with E-state index in [1.165, 1.54) is 28.7 Å². The molecule has 8 nitrogen and oxygen atoms in total. The molecule has 0 aliphatic rings. The lowest BCUT2D eigenvalue weighted by atomic mass is 10.1.